The molecule has 1 aliphatic carbocycles. The lowest BCUT2D eigenvalue weighted by Gasteiger charge is -2.18. The monoisotopic (exact) mass is 386 g/mol. The van der Waals surface area contributed by atoms with Crippen molar-refractivity contribution in [2.24, 2.45) is 0 Å². The highest BCUT2D eigenvalue weighted by Crippen LogP contribution is 2.29. The van der Waals surface area contributed by atoms with Crippen LogP contribution < -0.4 is 5.32 Å². The number of nitro groups is 1. The van der Waals surface area contributed by atoms with Crippen LogP contribution in [0, 0.1) is 10.1 Å². The molecule has 1 atom stereocenters. The summed E-state index contributed by atoms with van der Waals surface area (Å²) in [5, 5.41) is 14.0. The molecule has 8 heteroatoms. The largest absolute Gasteiger partial charge is 0.444 e. The van der Waals surface area contributed by atoms with Crippen LogP contribution in [-0.2, 0) is 9.53 Å². The summed E-state index contributed by atoms with van der Waals surface area (Å²) < 4.78 is 5.44. The van der Waals surface area contributed by atoms with Gasteiger partial charge in [-0.15, -0.1) is 11.8 Å². The molecule has 1 amide bonds. The van der Waals surface area contributed by atoms with Crippen molar-refractivity contribution in [3.05, 3.63) is 69.8 Å². The minimum Gasteiger partial charge on any atom is -0.444 e. The number of esters is 1. The number of ether oxygens (including phenoxy) is 1. The third-order valence-corrected chi connectivity index (χ3v) is 4.89. The zero-order valence-electron chi connectivity index (χ0n) is 14.6. The summed E-state index contributed by atoms with van der Waals surface area (Å²) in [6, 6.07) is 12.9. The standard InChI is InChI=1S/C19H18N2O5S/c1-27-16-10-7-13(11-15(16)21(24)25)19(23)26-17(12-5-3-2-4-6-12)18(22)20-14-8-9-14/h2-7,10-11,14,17H,8-9H2,1H3,(H,20,22)/t17-/m0/s1. The van der Waals surface area contributed by atoms with Gasteiger partial charge in [-0.1, -0.05) is 30.3 Å². The van der Waals surface area contributed by atoms with E-state index in [1.54, 1.807) is 36.6 Å². The fraction of sp³-hybridized carbons (Fsp3) is 0.263. The lowest BCUT2D eigenvalue weighted by Crippen LogP contribution is -2.33. The van der Waals surface area contributed by atoms with Gasteiger partial charge in [0.2, 0.25) is 6.10 Å². The van der Waals surface area contributed by atoms with Crippen molar-refractivity contribution in [1.82, 2.24) is 5.32 Å². The van der Waals surface area contributed by atoms with Gasteiger partial charge in [-0.3, -0.25) is 14.9 Å². The number of carbonyl (C=O) groups excluding carboxylic acids is 2. The number of nitrogens with zero attached hydrogens (tertiary/aromatic N) is 1. The van der Waals surface area contributed by atoms with E-state index in [0.29, 0.717) is 10.5 Å². The number of thioether (sulfide) groups is 1. The lowest BCUT2D eigenvalue weighted by molar-refractivity contribution is -0.387. The van der Waals surface area contributed by atoms with Crippen LogP contribution in [0.4, 0.5) is 5.69 Å². The van der Waals surface area contributed by atoms with Crippen LogP contribution in [0.3, 0.4) is 0 Å². The van der Waals surface area contributed by atoms with Crippen molar-refractivity contribution in [3.63, 3.8) is 0 Å². The molecule has 0 bridgehead atoms. The number of nitro benzene ring substituents is 1. The third kappa shape index (κ3) is 4.65. The molecule has 0 unspecified atom stereocenters. The lowest BCUT2D eigenvalue weighted by atomic mass is 10.1. The van der Waals surface area contributed by atoms with E-state index >= 15 is 0 Å². The van der Waals surface area contributed by atoms with E-state index < -0.39 is 22.9 Å². The SMILES string of the molecule is CSc1ccc(C(=O)O[C@H](C(=O)NC2CC2)c2ccccc2)cc1[N+](=O)[O-]. The number of hydrogen-bond donors (Lipinski definition) is 1. The Hall–Kier alpha value is -2.87. The first-order chi connectivity index (χ1) is 13.0. The van der Waals surface area contributed by atoms with Gasteiger partial charge >= 0.3 is 5.97 Å². The van der Waals surface area contributed by atoms with Crippen LogP contribution in [0.25, 0.3) is 0 Å². The molecule has 140 valence electrons. The molecule has 1 N–H and O–H groups in total. The summed E-state index contributed by atoms with van der Waals surface area (Å²) in [6.45, 7) is 0. The number of hydrogen-bond acceptors (Lipinski definition) is 6. The second-order valence-corrected chi connectivity index (χ2v) is 6.97. The summed E-state index contributed by atoms with van der Waals surface area (Å²) in [4.78, 5) is 36.2. The highest BCUT2D eigenvalue weighted by molar-refractivity contribution is 7.98. The molecular formula is C19H18N2O5S. The van der Waals surface area contributed by atoms with Crippen molar-refractivity contribution in [2.75, 3.05) is 6.26 Å². The summed E-state index contributed by atoms with van der Waals surface area (Å²) in [5.41, 5.74) is 0.398. The van der Waals surface area contributed by atoms with Gasteiger partial charge in [0.25, 0.3) is 11.6 Å². The maximum absolute atomic E-state index is 12.6. The van der Waals surface area contributed by atoms with E-state index in [4.69, 9.17) is 4.74 Å². The Morgan fingerprint density at radius 2 is 1.93 bits per heavy atom. The van der Waals surface area contributed by atoms with Gasteiger partial charge in [0.05, 0.1) is 15.4 Å². The van der Waals surface area contributed by atoms with Crippen molar-refractivity contribution < 1.29 is 19.2 Å². The quantitative estimate of drug-likeness (QED) is 0.338. The number of amides is 1. The highest BCUT2D eigenvalue weighted by atomic mass is 32.2. The van der Waals surface area contributed by atoms with Gasteiger partial charge in [0.15, 0.2) is 0 Å². The van der Waals surface area contributed by atoms with E-state index in [-0.39, 0.29) is 17.3 Å². The molecule has 27 heavy (non-hydrogen) atoms. The average molecular weight is 386 g/mol. The van der Waals surface area contributed by atoms with Crippen LogP contribution >= 0.6 is 11.8 Å². The van der Waals surface area contributed by atoms with Crippen molar-refractivity contribution in [2.45, 2.75) is 29.9 Å². The minimum absolute atomic E-state index is 0.0275. The van der Waals surface area contributed by atoms with Gasteiger partial charge in [0, 0.05) is 17.7 Å². The maximum atomic E-state index is 12.6. The minimum atomic E-state index is -1.11. The predicted octanol–water partition coefficient (Wildman–Crippen LogP) is 3.49. The number of nitrogens with one attached hydrogen (secondary N) is 1. The smallest absolute Gasteiger partial charge is 0.339 e. The molecule has 0 aromatic heterocycles. The predicted molar refractivity (Wildman–Crippen MR) is 101 cm³/mol. The van der Waals surface area contributed by atoms with Crippen LogP contribution in [-0.4, -0.2) is 29.1 Å². The van der Waals surface area contributed by atoms with E-state index in [0.717, 1.165) is 12.8 Å². The molecule has 0 radical (unpaired) electrons. The second-order valence-electron chi connectivity index (χ2n) is 6.12. The summed E-state index contributed by atoms with van der Waals surface area (Å²) in [5.74, 6) is -1.18. The molecule has 0 aliphatic heterocycles. The van der Waals surface area contributed by atoms with Crippen LogP contribution in [0.2, 0.25) is 0 Å². The topological polar surface area (TPSA) is 98.5 Å². The Morgan fingerprint density at radius 1 is 1.22 bits per heavy atom. The Bertz CT molecular complexity index is 868. The van der Waals surface area contributed by atoms with Crippen molar-refractivity contribution in [3.8, 4) is 0 Å². The molecule has 1 fully saturated rings. The molecule has 2 aromatic rings. The van der Waals surface area contributed by atoms with Crippen LogP contribution in [0.5, 0.6) is 0 Å². The zero-order valence-corrected chi connectivity index (χ0v) is 15.4. The van der Waals surface area contributed by atoms with E-state index in [1.807, 2.05) is 0 Å². The summed E-state index contributed by atoms with van der Waals surface area (Å²) in [6.07, 6.45) is 2.42. The molecule has 3 rings (SSSR count). The fourth-order valence-corrected chi connectivity index (χ4v) is 3.09. The van der Waals surface area contributed by atoms with Gasteiger partial charge in [-0.25, -0.2) is 4.79 Å². The Morgan fingerprint density at radius 3 is 2.52 bits per heavy atom. The third-order valence-electron chi connectivity index (χ3n) is 4.10. The number of rotatable bonds is 7. The number of carbonyl (C=O) groups is 2. The molecule has 1 aliphatic rings. The zero-order chi connectivity index (χ0) is 19.4. The maximum Gasteiger partial charge on any atom is 0.339 e. The van der Waals surface area contributed by atoms with Gasteiger partial charge in [0.1, 0.15) is 0 Å². The molecule has 0 saturated heterocycles. The Balaban J connectivity index is 1.84. The van der Waals surface area contributed by atoms with Gasteiger partial charge in [-0.05, 0) is 31.2 Å². The first-order valence-corrected chi connectivity index (χ1v) is 9.61. The molecule has 2 aromatic carbocycles. The van der Waals surface area contributed by atoms with Crippen LogP contribution in [0.15, 0.2) is 53.4 Å². The van der Waals surface area contributed by atoms with E-state index in [1.165, 1.54) is 30.0 Å². The number of benzene rings is 2. The van der Waals surface area contributed by atoms with Crippen molar-refractivity contribution >= 4 is 29.3 Å². The molecule has 0 spiro atoms. The molecule has 0 heterocycles. The van der Waals surface area contributed by atoms with Gasteiger partial charge in [-0.2, -0.15) is 0 Å². The molecule has 7 nitrogen and oxygen atoms in total. The average Bonchev–Trinajstić information content (AvgIpc) is 3.49. The summed E-state index contributed by atoms with van der Waals surface area (Å²) in [7, 11) is 0. The van der Waals surface area contributed by atoms with E-state index in [2.05, 4.69) is 5.32 Å². The fourth-order valence-electron chi connectivity index (χ4n) is 2.54. The van der Waals surface area contributed by atoms with Crippen molar-refractivity contribution in [1.29, 1.82) is 0 Å². The van der Waals surface area contributed by atoms with Crippen LogP contribution in [0.1, 0.15) is 34.9 Å². The van der Waals surface area contributed by atoms with E-state index in [9.17, 15) is 19.7 Å². The second kappa shape index (κ2) is 8.22. The Kier molecular flexibility index (Phi) is 5.75. The normalized spacial score (nSPS) is 14.3. The molecule has 1 saturated carbocycles. The molecular weight excluding hydrogens is 368 g/mol. The Labute approximate surface area is 160 Å². The summed E-state index contributed by atoms with van der Waals surface area (Å²) >= 11 is 1.22. The first kappa shape index (κ1) is 18.9. The highest BCUT2D eigenvalue weighted by Gasteiger charge is 2.31. The van der Waals surface area contributed by atoms with Gasteiger partial charge < -0.3 is 10.1 Å². The first-order valence-electron chi connectivity index (χ1n) is 8.38.